The smallest absolute Gasteiger partial charge is 0.246 e. The van der Waals surface area contributed by atoms with Crippen LogP contribution in [-0.2, 0) is 14.8 Å². The number of ether oxygens (including phenoxy) is 1. The Balaban J connectivity index is 2.25. The van der Waals surface area contributed by atoms with Crippen molar-refractivity contribution in [1.29, 1.82) is 0 Å². The molecule has 0 aliphatic carbocycles. The summed E-state index contributed by atoms with van der Waals surface area (Å²) in [6, 6.07) is 1.55. The standard InChI is InChI=1S/C12H20N4O3S/c1-19-9-10-3-2-6-16(8-10)20(17,18)12-7-14-5-4-11(12)15-13/h4-5,7,10H,2-3,6,8-9,13H2,1H3,(H,14,15). The Labute approximate surface area is 119 Å². The van der Waals surface area contributed by atoms with Crippen LogP contribution in [0.4, 0.5) is 5.69 Å². The fraction of sp³-hybridized carbons (Fsp3) is 0.583. The molecule has 1 atom stereocenters. The van der Waals surface area contributed by atoms with Crippen molar-refractivity contribution in [2.45, 2.75) is 17.7 Å². The Kier molecular flexibility index (Phi) is 4.92. The number of nitrogen functional groups attached to an aromatic ring is 1. The van der Waals surface area contributed by atoms with E-state index in [2.05, 4.69) is 10.4 Å². The Bertz CT molecular complexity index is 547. The highest BCUT2D eigenvalue weighted by Crippen LogP contribution is 2.27. The molecule has 7 nitrogen and oxygen atoms in total. The predicted molar refractivity (Wildman–Crippen MR) is 75.4 cm³/mol. The predicted octanol–water partition coefficient (Wildman–Crippen LogP) is 0.414. The molecule has 20 heavy (non-hydrogen) atoms. The number of rotatable bonds is 5. The van der Waals surface area contributed by atoms with Crippen molar-refractivity contribution in [3.63, 3.8) is 0 Å². The Morgan fingerprint density at radius 3 is 3.10 bits per heavy atom. The molecule has 3 N–H and O–H groups in total. The van der Waals surface area contributed by atoms with E-state index in [9.17, 15) is 8.42 Å². The van der Waals surface area contributed by atoms with Gasteiger partial charge in [-0.25, -0.2) is 8.42 Å². The molecule has 1 aromatic rings. The summed E-state index contributed by atoms with van der Waals surface area (Å²) < 4.78 is 31.9. The second-order valence-corrected chi connectivity index (χ2v) is 6.75. The summed E-state index contributed by atoms with van der Waals surface area (Å²) in [4.78, 5) is 4.00. The number of hydrogen-bond acceptors (Lipinski definition) is 6. The quantitative estimate of drug-likeness (QED) is 0.604. The highest BCUT2D eigenvalue weighted by molar-refractivity contribution is 7.89. The molecule has 1 aromatic heterocycles. The molecular formula is C12H20N4O3S. The number of sulfonamides is 1. The number of hydrazine groups is 1. The van der Waals surface area contributed by atoms with Gasteiger partial charge in [-0.2, -0.15) is 4.31 Å². The van der Waals surface area contributed by atoms with Gasteiger partial charge in [0, 0.05) is 32.6 Å². The molecule has 1 saturated heterocycles. The monoisotopic (exact) mass is 300 g/mol. The van der Waals surface area contributed by atoms with E-state index in [1.807, 2.05) is 0 Å². The first kappa shape index (κ1) is 15.2. The molecule has 2 heterocycles. The van der Waals surface area contributed by atoms with Crippen molar-refractivity contribution in [2.24, 2.45) is 11.8 Å². The van der Waals surface area contributed by atoms with Gasteiger partial charge in [0.1, 0.15) is 4.90 Å². The Hall–Kier alpha value is -1.22. The largest absolute Gasteiger partial charge is 0.384 e. The number of hydrogen-bond donors (Lipinski definition) is 2. The van der Waals surface area contributed by atoms with Crippen LogP contribution in [0.15, 0.2) is 23.4 Å². The van der Waals surface area contributed by atoms with Crippen molar-refractivity contribution in [3.05, 3.63) is 18.5 Å². The van der Waals surface area contributed by atoms with E-state index in [0.717, 1.165) is 12.8 Å². The average molecular weight is 300 g/mol. The number of pyridine rings is 1. The van der Waals surface area contributed by atoms with Gasteiger partial charge in [-0.05, 0) is 24.8 Å². The second kappa shape index (κ2) is 6.49. The number of methoxy groups -OCH3 is 1. The number of aromatic nitrogens is 1. The first-order valence-electron chi connectivity index (χ1n) is 6.49. The van der Waals surface area contributed by atoms with E-state index < -0.39 is 10.0 Å². The summed E-state index contributed by atoms with van der Waals surface area (Å²) >= 11 is 0. The second-order valence-electron chi connectivity index (χ2n) is 4.84. The average Bonchev–Trinajstić information content (AvgIpc) is 2.48. The summed E-state index contributed by atoms with van der Waals surface area (Å²) in [5.41, 5.74) is 2.76. The zero-order valence-electron chi connectivity index (χ0n) is 11.4. The van der Waals surface area contributed by atoms with Gasteiger partial charge < -0.3 is 10.2 Å². The highest BCUT2D eigenvalue weighted by atomic mass is 32.2. The molecule has 1 unspecified atom stereocenters. The molecule has 8 heteroatoms. The van der Waals surface area contributed by atoms with Crippen LogP contribution in [0.2, 0.25) is 0 Å². The summed E-state index contributed by atoms with van der Waals surface area (Å²) in [5, 5.41) is 0. The van der Waals surface area contributed by atoms with E-state index in [-0.39, 0.29) is 10.8 Å². The summed E-state index contributed by atoms with van der Waals surface area (Å²) in [5.74, 6) is 5.60. The molecule has 1 aliphatic rings. The van der Waals surface area contributed by atoms with Crippen molar-refractivity contribution in [3.8, 4) is 0 Å². The van der Waals surface area contributed by atoms with Crippen molar-refractivity contribution >= 4 is 15.7 Å². The van der Waals surface area contributed by atoms with Gasteiger partial charge in [0.05, 0.1) is 12.3 Å². The van der Waals surface area contributed by atoms with Crippen LogP contribution >= 0.6 is 0 Å². The fourth-order valence-corrected chi connectivity index (χ4v) is 4.11. The van der Waals surface area contributed by atoms with Crippen molar-refractivity contribution in [2.75, 3.05) is 32.2 Å². The third-order valence-electron chi connectivity index (χ3n) is 3.44. The van der Waals surface area contributed by atoms with Gasteiger partial charge in [0.15, 0.2) is 0 Å². The summed E-state index contributed by atoms with van der Waals surface area (Å²) in [6.45, 7) is 1.55. The van der Waals surface area contributed by atoms with Gasteiger partial charge in [-0.1, -0.05) is 0 Å². The Morgan fingerprint density at radius 2 is 2.40 bits per heavy atom. The van der Waals surface area contributed by atoms with Crippen LogP contribution in [0.3, 0.4) is 0 Å². The van der Waals surface area contributed by atoms with Gasteiger partial charge in [-0.3, -0.25) is 10.8 Å². The zero-order chi connectivity index (χ0) is 14.6. The van der Waals surface area contributed by atoms with Crippen LogP contribution in [0.25, 0.3) is 0 Å². The van der Waals surface area contributed by atoms with Gasteiger partial charge in [0.25, 0.3) is 0 Å². The lowest BCUT2D eigenvalue weighted by molar-refractivity contribution is 0.118. The summed E-state index contributed by atoms with van der Waals surface area (Å²) in [7, 11) is -1.95. The minimum absolute atomic E-state index is 0.112. The maximum Gasteiger partial charge on any atom is 0.246 e. The first-order chi connectivity index (χ1) is 9.59. The van der Waals surface area contributed by atoms with Gasteiger partial charge in [-0.15, -0.1) is 0 Å². The normalized spacial score (nSPS) is 20.8. The van der Waals surface area contributed by atoms with Crippen molar-refractivity contribution in [1.82, 2.24) is 9.29 Å². The SMILES string of the molecule is COCC1CCCN(S(=O)(=O)c2cnccc2NN)C1. The Morgan fingerprint density at radius 1 is 1.60 bits per heavy atom. The molecule has 1 aliphatic heterocycles. The lowest BCUT2D eigenvalue weighted by Crippen LogP contribution is -2.41. The number of nitrogens with two attached hydrogens (primary N) is 1. The zero-order valence-corrected chi connectivity index (χ0v) is 12.3. The molecule has 112 valence electrons. The van der Waals surface area contributed by atoms with Crippen LogP contribution < -0.4 is 11.3 Å². The topological polar surface area (TPSA) is 97.5 Å². The third-order valence-corrected chi connectivity index (χ3v) is 5.33. The molecule has 0 saturated carbocycles. The van der Waals surface area contributed by atoms with E-state index in [1.165, 1.54) is 16.7 Å². The molecule has 0 aromatic carbocycles. The molecule has 0 radical (unpaired) electrons. The van der Waals surface area contributed by atoms with E-state index in [4.69, 9.17) is 10.6 Å². The van der Waals surface area contributed by atoms with Gasteiger partial charge >= 0.3 is 0 Å². The minimum atomic E-state index is -3.58. The number of piperidine rings is 1. The number of nitrogens with one attached hydrogen (secondary N) is 1. The van der Waals surface area contributed by atoms with Crippen molar-refractivity contribution < 1.29 is 13.2 Å². The molecule has 1 fully saturated rings. The lowest BCUT2D eigenvalue weighted by atomic mass is 10.0. The number of nitrogens with zero attached hydrogens (tertiary/aromatic N) is 2. The fourth-order valence-electron chi connectivity index (χ4n) is 2.46. The van der Waals surface area contributed by atoms with Crippen LogP contribution in [0.5, 0.6) is 0 Å². The van der Waals surface area contributed by atoms with Crippen LogP contribution in [0.1, 0.15) is 12.8 Å². The highest BCUT2D eigenvalue weighted by Gasteiger charge is 2.31. The first-order valence-corrected chi connectivity index (χ1v) is 7.93. The summed E-state index contributed by atoms with van der Waals surface area (Å²) in [6.07, 6.45) is 4.64. The molecular weight excluding hydrogens is 280 g/mol. The van der Waals surface area contributed by atoms with Gasteiger partial charge in [0.2, 0.25) is 10.0 Å². The molecule has 0 bridgehead atoms. The van der Waals surface area contributed by atoms with Crippen LogP contribution in [-0.4, -0.2) is 44.5 Å². The van der Waals surface area contributed by atoms with Crippen LogP contribution in [0, 0.1) is 5.92 Å². The third kappa shape index (κ3) is 3.09. The molecule has 0 amide bonds. The van der Waals surface area contributed by atoms with E-state index in [1.54, 1.807) is 13.2 Å². The lowest BCUT2D eigenvalue weighted by Gasteiger charge is -2.31. The maximum absolute atomic E-state index is 12.7. The molecule has 0 spiro atoms. The van der Waals surface area contributed by atoms with E-state index in [0.29, 0.717) is 25.4 Å². The minimum Gasteiger partial charge on any atom is -0.384 e. The maximum atomic E-state index is 12.7. The van der Waals surface area contributed by atoms with E-state index >= 15 is 0 Å². The number of anilines is 1. The molecule has 2 rings (SSSR count).